The van der Waals surface area contributed by atoms with Gasteiger partial charge in [-0.15, -0.1) is 0 Å². The van der Waals surface area contributed by atoms with Crippen molar-refractivity contribution in [1.29, 1.82) is 0 Å². The van der Waals surface area contributed by atoms with Crippen LogP contribution >= 0.6 is 23.8 Å². The number of anilines is 1. The van der Waals surface area contributed by atoms with Gasteiger partial charge in [-0.05, 0) is 49.0 Å². The van der Waals surface area contributed by atoms with E-state index in [1.54, 1.807) is 25.1 Å². The van der Waals surface area contributed by atoms with Gasteiger partial charge in [0.2, 0.25) is 0 Å². The first-order chi connectivity index (χ1) is 12.8. The second-order valence-electron chi connectivity index (χ2n) is 5.88. The number of benzene rings is 2. The smallest absolute Gasteiger partial charge is 0.269 e. The number of carbonyl (C=O) groups excluding carboxylic acids is 1. The highest BCUT2D eigenvalue weighted by atomic mass is 35.5. The van der Waals surface area contributed by atoms with E-state index in [4.69, 9.17) is 23.8 Å². The van der Waals surface area contributed by atoms with Crippen LogP contribution in [0.15, 0.2) is 59.8 Å². The Morgan fingerprint density at radius 3 is 2.59 bits per heavy atom. The fraction of sp³-hybridized carbons (Fsp3) is 0.111. The summed E-state index contributed by atoms with van der Waals surface area (Å²) in [6, 6.07) is 12.3. The average molecular weight is 403 g/mol. The van der Waals surface area contributed by atoms with Crippen molar-refractivity contribution in [2.75, 3.05) is 5.32 Å². The van der Waals surface area contributed by atoms with Crippen molar-refractivity contribution in [3.05, 3.63) is 80.5 Å². The van der Waals surface area contributed by atoms with Gasteiger partial charge in [0, 0.05) is 28.5 Å². The van der Waals surface area contributed by atoms with E-state index in [1.807, 2.05) is 6.07 Å². The van der Waals surface area contributed by atoms with E-state index in [0.29, 0.717) is 27.1 Å². The molecule has 0 radical (unpaired) electrons. The topological polar surface area (TPSA) is 96.3 Å². The second-order valence-corrected chi connectivity index (χ2v) is 6.73. The molecule has 9 heteroatoms. The molecule has 3 N–H and O–H groups in total. The summed E-state index contributed by atoms with van der Waals surface area (Å²) in [4.78, 5) is 23.2. The minimum Gasteiger partial charge on any atom is -0.351 e. The molecule has 27 heavy (non-hydrogen) atoms. The van der Waals surface area contributed by atoms with Gasteiger partial charge in [0.1, 0.15) is 0 Å². The Morgan fingerprint density at radius 2 is 1.96 bits per heavy atom. The zero-order chi connectivity index (χ0) is 19.6. The molecule has 138 valence electrons. The molecule has 1 aliphatic heterocycles. The summed E-state index contributed by atoms with van der Waals surface area (Å²) in [5, 5.41) is 20.5. The third-order valence-electron chi connectivity index (χ3n) is 4.03. The predicted octanol–water partition coefficient (Wildman–Crippen LogP) is 3.68. The second kappa shape index (κ2) is 7.73. The van der Waals surface area contributed by atoms with E-state index in [0.717, 1.165) is 5.56 Å². The average Bonchev–Trinajstić information content (AvgIpc) is 2.61. The summed E-state index contributed by atoms with van der Waals surface area (Å²) in [6.45, 7) is 1.76. The number of nitrogens with zero attached hydrogens (tertiary/aromatic N) is 1. The van der Waals surface area contributed by atoms with E-state index in [-0.39, 0.29) is 11.6 Å². The number of thiocarbonyl (C=S) groups is 1. The molecule has 2 aromatic carbocycles. The summed E-state index contributed by atoms with van der Waals surface area (Å²) in [5.41, 5.74) is 2.25. The molecule has 0 spiro atoms. The van der Waals surface area contributed by atoms with Gasteiger partial charge in [0.05, 0.1) is 16.5 Å². The van der Waals surface area contributed by atoms with Gasteiger partial charge in [-0.25, -0.2) is 0 Å². The first-order valence-electron chi connectivity index (χ1n) is 7.94. The minimum atomic E-state index is -0.497. The highest BCUT2D eigenvalue weighted by Gasteiger charge is 2.30. The number of rotatable bonds is 4. The van der Waals surface area contributed by atoms with E-state index in [1.165, 1.54) is 24.3 Å². The molecular weight excluding hydrogens is 388 g/mol. The standard InChI is InChI=1S/C18H15ClN4O3S/c1-10-15(17(24)21-13-5-7-14(8-6-13)23(25)26)16(22-18(27)20-10)11-3-2-4-12(19)9-11/h2-9,16H,1H3,(H,21,24)(H2,20,22,27). The van der Waals surface area contributed by atoms with Crippen molar-refractivity contribution >= 4 is 46.2 Å². The highest BCUT2D eigenvalue weighted by molar-refractivity contribution is 7.80. The first kappa shape index (κ1) is 18.8. The number of allylic oxidation sites excluding steroid dienone is 1. The van der Waals surface area contributed by atoms with Gasteiger partial charge < -0.3 is 16.0 Å². The van der Waals surface area contributed by atoms with Crippen molar-refractivity contribution in [2.24, 2.45) is 0 Å². The van der Waals surface area contributed by atoms with Crippen molar-refractivity contribution < 1.29 is 9.72 Å². The number of halogens is 1. The van der Waals surface area contributed by atoms with Crippen LogP contribution in [-0.2, 0) is 4.79 Å². The lowest BCUT2D eigenvalue weighted by Crippen LogP contribution is -2.45. The van der Waals surface area contributed by atoms with Gasteiger partial charge in [-0.3, -0.25) is 14.9 Å². The fourth-order valence-electron chi connectivity index (χ4n) is 2.80. The normalized spacial score (nSPS) is 16.4. The van der Waals surface area contributed by atoms with E-state index in [2.05, 4.69) is 16.0 Å². The molecule has 0 saturated heterocycles. The van der Waals surface area contributed by atoms with Gasteiger partial charge in [-0.2, -0.15) is 0 Å². The maximum absolute atomic E-state index is 12.9. The van der Waals surface area contributed by atoms with Gasteiger partial charge in [-0.1, -0.05) is 23.7 Å². The number of amides is 1. The lowest BCUT2D eigenvalue weighted by molar-refractivity contribution is -0.384. The number of nitrogens with one attached hydrogen (secondary N) is 3. The molecule has 2 aromatic rings. The molecule has 0 saturated carbocycles. The van der Waals surface area contributed by atoms with Crippen LogP contribution in [0.4, 0.5) is 11.4 Å². The van der Waals surface area contributed by atoms with E-state index in [9.17, 15) is 14.9 Å². The molecule has 0 bridgehead atoms. The first-order valence-corrected chi connectivity index (χ1v) is 8.73. The third-order valence-corrected chi connectivity index (χ3v) is 4.49. The predicted molar refractivity (Wildman–Crippen MR) is 107 cm³/mol. The number of non-ortho nitro benzene ring substituents is 1. The molecule has 0 fully saturated rings. The Hall–Kier alpha value is -2.97. The number of hydrogen-bond donors (Lipinski definition) is 3. The van der Waals surface area contributed by atoms with E-state index >= 15 is 0 Å². The molecule has 1 atom stereocenters. The summed E-state index contributed by atoms with van der Waals surface area (Å²) >= 11 is 11.3. The van der Waals surface area contributed by atoms with Crippen molar-refractivity contribution in [1.82, 2.24) is 10.6 Å². The third kappa shape index (κ3) is 4.24. The quantitative estimate of drug-likeness (QED) is 0.410. The maximum atomic E-state index is 12.9. The molecule has 1 heterocycles. The lowest BCUT2D eigenvalue weighted by atomic mass is 9.95. The summed E-state index contributed by atoms with van der Waals surface area (Å²) in [7, 11) is 0. The van der Waals surface area contributed by atoms with Crippen LogP contribution in [0.5, 0.6) is 0 Å². The fourth-order valence-corrected chi connectivity index (χ4v) is 3.27. The number of nitro benzene ring substituents is 1. The van der Waals surface area contributed by atoms with Gasteiger partial charge in [0.15, 0.2) is 5.11 Å². The number of nitro groups is 1. The van der Waals surface area contributed by atoms with Crippen LogP contribution in [0.3, 0.4) is 0 Å². The van der Waals surface area contributed by atoms with Gasteiger partial charge >= 0.3 is 0 Å². The molecule has 3 rings (SSSR count). The molecule has 1 aliphatic rings. The van der Waals surface area contributed by atoms with Crippen LogP contribution in [0.2, 0.25) is 5.02 Å². The Labute approximate surface area is 165 Å². The van der Waals surface area contributed by atoms with Crippen molar-refractivity contribution in [3.63, 3.8) is 0 Å². The zero-order valence-electron chi connectivity index (χ0n) is 14.2. The van der Waals surface area contributed by atoms with E-state index < -0.39 is 11.0 Å². The molecule has 0 aliphatic carbocycles. The van der Waals surface area contributed by atoms with Crippen LogP contribution in [0.1, 0.15) is 18.5 Å². The number of hydrogen-bond acceptors (Lipinski definition) is 4. The monoisotopic (exact) mass is 402 g/mol. The van der Waals surface area contributed by atoms with Gasteiger partial charge in [0.25, 0.3) is 11.6 Å². The molecule has 0 aromatic heterocycles. The van der Waals surface area contributed by atoms with Crippen molar-refractivity contribution in [3.8, 4) is 0 Å². The number of carbonyl (C=O) groups is 1. The largest absolute Gasteiger partial charge is 0.351 e. The Balaban J connectivity index is 1.90. The summed E-state index contributed by atoms with van der Waals surface area (Å²) in [5.74, 6) is -0.353. The summed E-state index contributed by atoms with van der Waals surface area (Å²) in [6.07, 6.45) is 0. The molecule has 1 amide bonds. The summed E-state index contributed by atoms with van der Waals surface area (Å²) < 4.78 is 0. The minimum absolute atomic E-state index is 0.0495. The Morgan fingerprint density at radius 1 is 1.26 bits per heavy atom. The van der Waals surface area contributed by atoms with Crippen LogP contribution in [0.25, 0.3) is 0 Å². The molecular formula is C18H15ClN4O3S. The Kier molecular flexibility index (Phi) is 5.38. The SMILES string of the molecule is CC1=C(C(=O)Nc2ccc([N+](=O)[O-])cc2)C(c2cccc(Cl)c2)NC(=S)N1. The van der Waals surface area contributed by atoms with Crippen molar-refractivity contribution in [2.45, 2.75) is 13.0 Å². The van der Waals surface area contributed by atoms with Crippen LogP contribution in [0, 0.1) is 10.1 Å². The highest BCUT2D eigenvalue weighted by Crippen LogP contribution is 2.29. The Bertz CT molecular complexity index is 959. The molecule has 7 nitrogen and oxygen atoms in total. The lowest BCUT2D eigenvalue weighted by Gasteiger charge is -2.30. The zero-order valence-corrected chi connectivity index (χ0v) is 15.7. The van der Waals surface area contributed by atoms with Crippen LogP contribution in [-0.4, -0.2) is 15.9 Å². The maximum Gasteiger partial charge on any atom is 0.269 e. The molecule has 1 unspecified atom stereocenters. The van der Waals surface area contributed by atoms with Crippen LogP contribution < -0.4 is 16.0 Å².